The Kier molecular flexibility index (Phi) is 5.01. The molecule has 1 aliphatic heterocycles. The van der Waals surface area contributed by atoms with Crippen molar-refractivity contribution >= 4 is 46.6 Å². The molecule has 8 nitrogen and oxygen atoms in total. The number of carbonyl (C=O) groups is 2. The van der Waals surface area contributed by atoms with Crippen molar-refractivity contribution in [2.45, 2.75) is 12.3 Å². The highest BCUT2D eigenvalue weighted by Gasteiger charge is 2.34. The highest BCUT2D eigenvalue weighted by atomic mass is 35.5. The van der Waals surface area contributed by atoms with Crippen LogP contribution >= 0.6 is 11.6 Å². The van der Waals surface area contributed by atoms with E-state index in [-0.39, 0.29) is 23.8 Å². The Morgan fingerprint density at radius 1 is 1.07 bits per heavy atom. The third-order valence-corrected chi connectivity index (χ3v) is 4.63. The topological polar surface area (TPSA) is 116 Å². The standard InChI is InChI=1S/C20H16ClN5O3/c21-11-5-4-8-13(9-11)22-18(28)14-10-15(27)24-17-16(14)19(29)26-20(25-17)23-12-6-2-1-3-7-12/h1-9,14H,10H2,(H,22,28)(H3,23,24,25,26,27,29)/t14-/m0/s1. The Bertz CT molecular complexity index is 1150. The summed E-state index contributed by atoms with van der Waals surface area (Å²) in [4.78, 5) is 44.5. The molecule has 1 atom stereocenters. The van der Waals surface area contributed by atoms with Crippen molar-refractivity contribution in [1.29, 1.82) is 0 Å². The number of nitrogens with one attached hydrogen (secondary N) is 4. The van der Waals surface area contributed by atoms with Crippen LogP contribution in [0.5, 0.6) is 0 Å². The fourth-order valence-electron chi connectivity index (χ4n) is 3.11. The maximum absolute atomic E-state index is 12.8. The number of benzene rings is 2. The van der Waals surface area contributed by atoms with E-state index in [1.807, 2.05) is 18.2 Å². The molecule has 0 saturated carbocycles. The van der Waals surface area contributed by atoms with Crippen LogP contribution in [0.1, 0.15) is 17.9 Å². The molecule has 2 aromatic carbocycles. The first-order valence-electron chi connectivity index (χ1n) is 8.82. The average Bonchev–Trinajstić information content (AvgIpc) is 2.67. The van der Waals surface area contributed by atoms with Crippen LogP contribution in [-0.2, 0) is 9.59 Å². The minimum atomic E-state index is -0.972. The lowest BCUT2D eigenvalue weighted by Crippen LogP contribution is -2.36. The SMILES string of the molecule is O=C1C[C@H](C(=O)Nc2cccc(Cl)c2)c2c(nc(Nc3ccccc3)[nH]c2=O)N1. The minimum Gasteiger partial charge on any atom is -0.326 e. The lowest BCUT2D eigenvalue weighted by molar-refractivity contribution is -0.123. The Balaban J connectivity index is 1.64. The summed E-state index contributed by atoms with van der Waals surface area (Å²) in [5, 5.41) is 8.70. The second-order valence-corrected chi connectivity index (χ2v) is 6.91. The first-order chi connectivity index (χ1) is 14.0. The van der Waals surface area contributed by atoms with Crippen molar-refractivity contribution in [2.75, 3.05) is 16.0 Å². The van der Waals surface area contributed by atoms with Crippen molar-refractivity contribution in [2.24, 2.45) is 0 Å². The van der Waals surface area contributed by atoms with E-state index in [2.05, 4.69) is 25.9 Å². The van der Waals surface area contributed by atoms with E-state index in [0.29, 0.717) is 16.4 Å². The van der Waals surface area contributed by atoms with E-state index in [9.17, 15) is 14.4 Å². The monoisotopic (exact) mass is 409 g/mol. The molecule has 0 spiro atoms. The summed E-state index contributed by atoms with van der Waals surface area (Å²) in [6.45, 7) is 0. The largest absolute Gasteiger partial charge is 0.326 e. The zero-order valence-corrected chi connectivity index (χ0v) is 15.8. The molecule has 2 amide bonds. The molecule has 0 radical (unpaired) electrons. The van der Waals surface area contributed by atoms with Gasteiger partial charge in [-0.05, 0) is 30.3 Å². The number of carbonyl (C=O) groups excluding carboxylic acids is 2. The van der Waals surface area contributed by atoms with Crippen LogP contribution in [0.2, 0.25) is 5.02 Å². The normalized spacial score (nSPS) is 15.2. The van der Waals surface area contributed by atoms with Gasteiger partial charge in [-0.1, -0.05) is 35.9 Å². The number of anilines is 4. The first kappa shape index (κ1) is 18.7. The molecule has 4 N–H and O–H groups in total. The van der Waals surface area contributed by atoms with Crippen LogP contribution in [0.25, 0.3) is 0 Å². The Hall–Kier alpha value is -3.65. The molecular formula is C20H16ClN5O3. The fraction of sp³-hybridized carbons (Fsp3) is 0.100. The van der Waals surface area contributed by atoms with Crippen molar-refractivity contribution in [1.82, 2.24) is 9.97 Å². The number of fused-ring (bicyclic) bond motifs is 1. The number of nitrogens with zero attached hydrogens (tertiary/aromatic N) is 1. The van der Waals surface area contributed by atoms with E-state index in [1.54, 1.807) is 36.4 Å². The molecule has 9 heteroatoms. The number of H-pyrrole nitrogens is 1. The fourth-order valence-corrected chi connectivity index (χ4v) is 3.30. The minimum absolute atomic E-state index is 0.0645. The molecule has 146 valence electrons. The van der Waals surface area contributed by atoms with Crippen LogP contribution in [0.3, 0.4) is 0 Å². The lowest BCUT2D eigenvalue weighted by atomic mass is 9.92. The van der Waals surface area contributed by atoms with E-state index in [1.165, 1.54) is 0 Å². The molecule has 29 heavy (non-hydrogen) atoms. The van der Waals surface area contributed by atoms with Gasteiger partial charge in [0.25, 0.3) is 5.56 Å². The molecule has 0 aliphatic carbocycles. The quantitative estimate of drug-likeness (QED) is 0.528. The predicted molar refractivity (Wildman–Crippen MR) is 111 cm³/mol. The van der Waals surface area contributed by atoms with E-state index >= 15 is 0 Å². The van der Waals surface area contributed by atoms with Crippen molar-refractivity contribution in [3.8, 4) is 0 Å². The van der Waals surface area contributed by atoms with Gasteiger partial charge in [0.15, 0.2) is 0 Å². The lowest BCUT2D eigenvalue weighted by Gasteiger charge is -2.23. The number of aromatic amines is 1. The van der Waals surface area contributed by atoms with Crippen molar-refractivity contribution in [3.05, 3.63) is 75.5 Å². The molecule has 0 fully saturated rings. The van der Waals surface area contributed by atoms with Gasteiger partial charge in [0.05, 0.1) is 11.5 Å². The van der Waals surface area contributed by atoms with Crippen LogP contribution < -0.4 is 21.5 Å². The first-order valence-corrected chi connectivity index (χ1v) is 9.20. The molecule has 1 aliphatic rings. The van der Waals surface area contributed by atoms with Gasteiger partial charge in [-0.25, -0.2) is 0 Å². The Labute approximate surface area is 170 Å². The zero-order valence-electron chi connectivity index (χ0n) is 15.0. The number of hydrogen-bond acceptors (Lipinski definition) is 5. The van der Waals surface area contributed by atoms with Gasteiger partial charge in [0.1, 0.15) is 5.82 Å². The summed E-state index contributed by atoms with van der Waals surface area (Å²) in [7, 11) is 0. The summed E-state index contributed by atoms with van der Waals surface area (Å²) >= 11 is 5.94. The maximum Gasteiger partial charge on any atom is 0.258 e. The summed E-state index contributed by atoms with van der Waals surface area (Å²) in [5.41, 5.74) is 0.803. The maximum atomic E-state index is 12.8. The zero-order chi connectivity index (χ0) is 20.4. The smallest absolute Gasteiger partial charge is 0.258 e. The van der Waals surface area contributed by atoms with Gasteiger partial charge in [0.2, 0.25) is 17.8 Å². The summed E-state index contributed by atoms with van der Waals surface area (Å²) in [5.74, 6) is -1.63. The Morgan fingerprint density at radius 3 is 2.59 bits per heavy atom. The Morgan fingerprint density at radius 2 is 1.83 bits per heavy atom. The third kappa shape index (κ3) is 4.12. The number of aromatic nitrogens is 2. The molecule has 2 heterocycles. The number of para-hydroxylation sites is 1. The number of rotatable bonds is 4. The second kappa shape index (κ2) is 7.76. The van der Waals surface area contributed by atoms with Gasteiger partial charge in [-0.2, -0.15) is 4.98 Å². The molecule has 4 rings (SSSR count). The van der Waals surface area contributed by atoms with Gasteiger partial charge >= 0.3 is 0 Å². The predicted octanol–water partition coefficient (Wildman–Crippen LogP) is 3.23. The van der Waals surface area contributed by atoms with E-state index in [0.717, 1.165) is 0 Å². The third-order valence-electron chi connectivity index (χ3n) is 4.40. The number of halogens is 1. The van der Waals surface area contributed by atoms with Gasteiger partial charge in [-0.3, -0.25) is 19.4 Å². The summed E-state index contributed by atoms with van der Waals surface area (Å²) in [6, 6.07) is 15.7. The molecule has 1 aromatic heterocycles. The van der Waals surface area contributed by atoms with Crippen molar-refractivity contribution < 1.29 is 9.59 Å². The average molecular weight is 410 g/mol. The number of amides is 2. The molecule has 0 bridgehead atoms. The van der Waals surface area contributed by atoms with Crippen molar-refractivity contribution in [3.63, 3.8) is 0 Å². The van der Waals surface area contributed by atoms with E-state index < -0.39 is 23.3 Å². The summed E-state index contributed by atoms with van der Waals surface area (Å²) in [6.07, 6.45) is -0.157. The van der Waals surface area contributed by atoms with Gasteiger partial charge < -0.3 is 16.0 Å². The van der Waals surface area contributed by atoms with Crippen LogP contribution in [0.4, 0.5) is 23.1 Å². The highest BCUT2D eigenvalue weighted by molar-refractivity contribution is 6.30. The number of hydrogen-bond donors (Lipinski definition) is 4. The molecule has 0 saturated heterocycles. The van der Waals surface area contributed by atoms with E-state index in [4.69, 9.17) is 11.6 Å². The van der Waals surface area contributed by atoms with Crippen LogP contribution in [0, 0.1) is 0 Å². The van der Waals surface area contributed by atoms with Gasteiger partial charge in [0, 0.05) is 22.8 Å². The second-order valence-electron chi connectivity index (χ2n) is 6.47. The molecule has 0 unspecified atom stereocenters. The van der Waals surface area contributed by atoms with Gasteiger partial charge in [-0.15, -0.1) is 0 Å². The van der Waals surface area contributed by atoms with Crippen LogP contribution in [-0.4, -0.2) is 21.8 Å². The molecule has 3 aromatic rings. The highest BCUT2D eigenvalue weighted by Crippen LogP contribution is 2.30. The summed E-state index contributed by atoms with van der Waals surface area (Å²) < 4.78 is 0. The molecular weight excluding hydrogens is 394 g/mol. The van der Waals surface area contributed by atoms with Crippen LogP contribution in [0.15, 0.2) is 59.4 Å².